The van der Waals surface area contributed by atoms with Crippen LogP contribution in [0, 0.1) is 5.82 Å². The predicted molar refractivity (Wildman–Crippen MR) is 88.8 cm³/mol. The van der Waals surface area contributed by atoms with E-state index in [1.54, 1.807) is 0 Å². The van der Waals surface area contributed by atoms with Gasteiger partial charge in [0.05, 0.1) is 17.0 Å². The van der Waals surface area contributed by atoms with Gasteiger partial charge in [-0.05, 0) is 12.1 Å². The summed E-state index contributed by atoms with van der Waals surface area (Å²) in [6, 6.07) is -0.569. The molecule has 1 N–H and O–H groups in total. The molecule has 12 heteroatoms. The van der Waals surface area contributed by atoms with Crippen LogP contribution in [0.2, 0.25) is 5.02 Å². The molecule has 1 aromatic carbocycles. The van der Waals surface area contributed by atoms with E-state index in [1.165, 1.54) is 4.90 Å². The number of nitrogens with one attached hydrogen (secondary N) is 1. The molecule has 1 fully saturated rings. The van der Waals surface area contributed by atoms with Crippen molar-refractivity contribution < 1.29 is 30.7 Å². The Kier molecular flexibility index (Phi) is 9.46. The third-order valence-electron chi connectivity index (χ3n) is 3.79. The van der Waals surface area contributed by atoms with Crippen molar-refractivity contribution in [1.82, 2.24) is 10.2 Å². The van der Waals surface area contributed by atoms with E-state index in [2.05, 4.69) is 5.32 Å². The number of hydrogen-bond acceptors (Lipinski definition) is 2. The zero-order chi connectivity index (χ0) is 18.1. The first-order valence-electron chi connectivity index (χ1n) is 7.07. The number of halogens is 10. The molecule has 1 aromatic rings. The second-order valence-electron chi connectivity index (χ2n) is 5.44. The molecule has 1 aliphatic heterocycles. The number of benzene rings is 1. The van der Waals surface area contributed by atoms with Crippen LogP contribution >= 0.6 is 36.4 Å². The SMILES string of the molecule is Cl.Cl.Fc1c(Cl)ccc(C(F)(F)F)c1[C@@H](CC(F)(F)F)N1CCNCC1. The average Bonchev–Trinajstić information content (AvgIpc) is 2.46. The van der Waals surface area contributed by atoms with Crippen molar-refractivity contribution in [3.05, 3.63) is 34.1 Å². The second-order valence-corrected chi connectivity index (χ2v) is 5.85. The fourth-order valence-corrected chi connectivity index (χ4v) is 2.93. The Morgan fingerprint density at radius 2 is 1.58 bits per heavy atom. The highest BCUT2D eigenvalue weighted by atomic mass is 35.5. The van der Waals surface area contributed by atoms with Crippen LogP contribution in [0.4, 0.5) is 30.7 Å². The van der Waals surface area contributed by atoms with Gasteiger partial charge in [0, 0.05) is 37.8 Å². The molecule has 0 aliphatic carbocycles. The van der Waals surface area contributed by atoms with Crippen molar-refractivity contribution in [2.45, 2.75) is 24.8 Å². The molecule has 26 heavy (non-hydrogen) atoms. The van der Waals surface area contributed by atoms with Crippen LogP contribution in [-0.4, -0.2) is 37.3 Å². The zero-order valence-corrected chi connectivity index (χ0v) is 15.4. The van der Waals surface area contributed by atoms with E-state index >= 15 is 0 Å². The largest absolute Gasteiger partial charge is 0.416 e. The van der Waals surface area contributed by atoms with E-state index in [9.17, 15) is 30.7 Å². The van der Waals surface area contributed by atoms with Crippen molar-refractivity contribution in [3.8, 4) is 0 Å². The Bertz CT molecular complexity index is 587. The Balaban J connectivity index is 0.00000312. The summed E-state index contributed by atoms with van der Waals surface area (Å²) in [6.07, 6.45) is -11.3. The standard InChI is InChI=1S/C14H14ClF7N2.2ClH/c15-9-2-1-8(14(20,21)22)11(12(9)16)10(7-13(17,18)19)24-5-3-23-4-6-24;;/h1-2,10,23H,3-7H2;2*1H/t10-;;/m1../s1. The second kappa shape index (κ2) is 9.64. The van der Waals surface area contributed by atoms with E-state index in [0.29, 0.717) is 25.2 Å². The molecule has 0 spiro atoms. The van der Waals surface area contributed by atoms with Gasteiger partial charge in [0.15, 0.2) is 0 Å². The predicted octanol–water partition coefficient (Wildman–Crippen LogP) is 5.24. The lowest BCUT2D eigenvalue weighted by molar-refractivity contribution is -0.153. The highest BCUT2D eigenvalue weighted by molar-refractivity contribution is 6.30. The summed E-state index contributed by atoms with van der Waals surface area (Å²) < 4.78 is 92.7. The molecule has 152 valence electrons. The molecule has 0 aromatic heterocycles. The van der Waals surface area contributed by atoms with Crippen LogP contribution in [-0.2, 0) is 6.18 Å². The highest BCUT2D eigenvalue weighted by Gasteiger charge is 2.43. The molecule has 0 saturated carbocycles. The third kappa shape index (κ3) is 6.30. The van der Waals surface area contributed by atoms with E-state index in [1.807, 2.05) is 0 Å². The lowest BCUT2D eigenvalue weighted by Gasteiger charge is -2.37. The molecule has 0 amide bonds. The van der Waals surface area contributed by atoms with Crippen molar-refractivity contribution >= 4 is 36.4 Å². The quantitative estimate of drug-likeness (QED) is 0.632. The first-order valence-corrected chi connectivity index (χ1v) is 7.45. The van der Waals surface area contributed by atoms with Crippen LogP contribution in [0.25, 0.3) is 0 Å². The van der Waals surface area contributed by atoms with Gasteiger partial charge < -0.3 is 5.32 Å². The maximum absolute atomic E-state index is 14.3. The Morgan fingerprint density at radius 3 is 2.04 bits per heavy atom. The fourth-order valence-electron chi connectivity index (χ4n) is 2.77. The fraction of sp³-hybridized carbons (Fsp3) is 0.571. The van der Waals surface area contributed by atoms with Crippen LogP contribution < -0.4 is 5.32 Å². The lowest BCUT2D eigenvalue weighted by Crippen LogP contribution is -2.46. The summed E-state index contributed by atoms with van der Waals surface area (Å²) in [6.45, 7) is 0.754. The smallest absolute Gasteiger partial charge is 0.314 e. The minimum atomic E-state index is -4.99. The first kappa shape index (κ1) is 25.5. The van der Waals surface area contributed by atoms with Gasteiger partial charge in [-0.2, -0.15) is 26.3 Å². The van der Waals surface area contributed by atoms with E-state index in [-0.39, 0.29) is 37.9 Å². The van der Waals surface area contributed by atoms with Crippen LogP contribution in [0.3, 0.4) is 0 Å². The molecular formula is C14H16Cl3F7N2. The molecule has 1 atom stereocenters. The molecule has 1 heterocycles. The van der Waals surface area contributed by atoms with E-state index in [0.717, 1.165) is 0 Å². The maximum Gasteiger partial charge on any atom is 0.416 e. The topological polar surface area (TPSA) is 15.3 Å². The summed E-state index contributed by atoms with van der Waals surface area (Å²) >= 11 is 5.54. The molecule has 0 unspecified atom stereocenters. The van der Waals surface area contributed by atoms with Gasteiger partial charge >= 0.3 is 12.4 Å². The van der Waals surface area contributed by atoms with E-state index < -0.39 is 46.8 Å². The normalized spacial score (nSPS) is 17.2. The van der Waals surface area contributed by atoms with Gasteiger partial charge in [0.1, 0.15) is 5.82 Å². The van der Waals surface area contributed by atoms with E-state index in [4.69, 9.17) is 11.6 Å². The number of rotatable bonds is 3. The van der Waals surface area contributed by atoms with Gasteiger partial charge in [-0.3, -0.25) is 4.90 Å². The summed E-state index contributed by atoms with van der Waals surface area (Å²) in [4.78, 5) is 1.20. The molecule has 0 bridgehead atoms. The minimum absolute atomic E-state index is 0. The zero-order valence-electron chi connectivity index (χ0n) is 13.1. The van der Waals surface area contributed by atoms with Gasteiger partial charge in [0.25, 0.3) is 0 Å². The van der Waals surface area contributed by atoms with Crippen molar-refractivity contribution in [2.75, 3.05) is 26.2 Å². The Morgan fingerprint density at radius 1 is 1.04 bits per heavy atom. The Labute approximate surface area is 162 Å². The molecule has 1 saturated heterocycles. The summed E-state index contributed by atoms with van der Waals surface area (Å²) in [5.41, 5.74) is -2.48. The van der Waals surface area contributed by atoms with Crippen LogP contribution in [0.5, 0.6) is 0 Å². The minimum Gasteiger partial charge on any atom is -0.314 e. The summed E-state index contributed by atoms with van der Waals surface area (Å²) in [7, 11) is 0. The van der Waals surface area contributed by atoms with Crippen molar-refractivity contribution in [3.63, 3.8) is 0 Å². The van der Waals surface area contributed by atoms with Gasteiger partial charge in [0.2, 0.25) is 0 Å². The molecule has 0 radical (unpaired) electrons. The molecule has 2 nitrogen and oxygen atoms in total. The molecule has 1 aliphatic rings. The van der Waals surface area contributed by atoms with Crippen LogP contribution in [0.15, 0.2) is 12.1 Å². The maximum atomic E-state index is 14.3. The molecular weight excluding hydrogens is 436 g/mol. The van der Waals surface area contributed by atoms with Gasteiger partial charge in [-0.25, -0.2) is 4.39 Å². The Hall–Kier alpha value is -0.480. The number of piperazine rings is 1. The lowest BCUT2D eigenvalue weighted by atomic mass is 9.94. The molecule has 2 rings (SSSR count). The van der Waals surface area contributed by atoms with Crippen molar-refractivity contribution in [1.29, 1.82) is 0 Å². The van der Waals surface area contributed by atoms with Gasteiger partial charge in [-0.1, -0.05) is 11.6 Å². The highest BCUT2D eigenvalue weighted by Crippen LogP contribution is 2.43. The average molecular weight is 452 g/mol. The monoisotopic (exact) mass is 450 g/mol. The summed E-state index contributed by atoms with van der Waals surface area (Å²) in [5.74, 6) is -1.46. The number of alkyl halides is 6. The first-order chi connectivity index (χ1) is 11.0. The van der Waals surface area contributed by atoms with Crippen molar-refractivity contribution in [2.24, 2.45) is 0 Å². The van der Waals surface area contributed by atoms with Crippen LogP contribution in [0.1, 0.15) is 23.6 Å². The number of hydrogen-bond donors (Lipinski definition) is 1. The summed E-state index contributed by atoms with van der Waals surface area (Å²) in [5, 5.41) is 2.25. The van der Waals surface area contributed by atoms with Gasteiger partial charge in [-0.15, -0.1) is 24.8 Å². The third-order valence-corrected chi connectivity index (χ3v) is 4.08. The number of nitrogens with zero attached hydrogens (tertiary/aromatic N) is 1.